The van der Waals surface area contributed by atoms with Gasteiger partial charge in [0, 0.05) is 36.7 Å². The first-order valence-electron chi connectivity index (χ1n) is 10.1. The van der Waals surface area contributed by atoms with Crippen LogP contribution in [0.25, 0.3) is 0 Å². The second-order valence-corrected chi connectivity index (χ2v) is 9.13. The standard InChI is InChI=1S/C21H32O5/c1-13(23)26-15-8-9-20(2)14(12-15)4-5-16(19(20)25)17-6-7-18(24)21(17,3)10-11-22/h14-17,22H,4-12H2,1-3H3/t14-,15-,16?,17?,20-,21-/m0/s1. The maximum Gasteiger partial charge on any atom is 0.302 e. The van der Waals surface area contributed by atoms with Crippen LogP contribution in [0.5, 0.6) is 0 Å². The summed E-state index contributed by atoms with van der Waals surface area (Å²) in [5, 5.41) is 9.45. The van der Waals surface area contributed by atoms with Crippen LogP contribution in [0.4, 0.5) is 0 Å². The number of ether oxygens (including phenoxy) is 1. The summed E-state index contributed by atoms with van der Waals surface area (Å²) >= 11 is 0. The quantitative estimate of drug-likeness (QED) is 0.776. The smallest absolute Gasteiger partial charge is 0.302 e. The van der Waals surface area contributed by atoms with E-state index < -0.39 is 5.41 Å². The van der Waals surface area contributed by atoms with E-state index in [1.54, 1.807) is 0 Å². The van der Waals surface area contributed by atoms with E-state index in [4.69, 9.17) is 4.74 Å². The number of Topliss-reactive ketones (excluding diaryl/α,β-unsaturated/α-hetero) is 2. The maximum atomic E-state index is 13.5. The molecule has 3 fully saturated rings. The number of carbonyl (C=O) groups is 3. The summed E-state index contributed by atoms with van der Waals surface area (Å²) < 4.78 is 5.40. The van der Waals surface area contributed by atoms with E-state index in [2.05, 4.69) is 6.92 Å². The molecule has 146 valence electrons. The van der Waals surface area contributed by atoms with Crippen molar-refractivity contribution >= 4 is 17.5 Å². The lowest BCUT2D eigenvalue weighted by Gasteiger charge is -2.50. The monoisotopic (exact) mass is 364 g/mol. The van der Waals surface area contributed by atoms with Gasteiger partial charge >= 0.3 is 5.97 Å². The third-order valence-corrected chi connectivity index (χ3v) is 7.75. The Bertz CT molecular complexity index is 599. The minimum absolute atomic E-state index is 0.0103. The number of hydrogen-bond donors (Lipinski definition) is 1. The fraction of sp³-hybridized carbons (Fsp3) is 0.857. The molecule has 5 nitrogen and oxygen atoms in total. The molecule has 0 spiro atoms. The Hall–Kier alpha value is -1.23. The van der Waals surface area contributed by atoms with Crippen molar-refractivity contribution in [2.45, 2.75) is 78.2 Å². The number of aliphatic hydroxyl groups excluding tert-OH is 1. The number of rotatable bonds is 4. The molecule has 1 N–H and O–H groups in total. The van der Waals surface area contributed by atoms with Gasteiger partial charge in [-0.1, -0.05) is 13.8 Å². The van der Waals surface area contributed by atoms with Gasteiger partial charge in [-0.25, -0.2) is 0 Å². The summed E-state index contributed by atoms with van der Waals surface area (Å²) in [6.07, 6.45) is 5.70. The minimum Gasteiger partial charge on any atom is -0.463 e. The van der Waals surface area contributed by atoms with Crippen LogP contribution in [0.15, 0.2) is 0 Å². The van der Waals surface area contributed by atoms with Crippen molar-refractivity contribution in [3.63, 3.8) is 0 Å². The number of carbonyl (C=O) groups excluding carboxylic acids is 3. The van der Waals surface area contributed by atoms with Crippen molar-refractivity contribution in [2.24, 2.45) is 28.6 Å². The highest BCUT2D eigenvalue weighted by Gasteiger charge is 2.57. The first kappa shape index (κ1) is 19.5. The molecule has 6 atom stereocenters. The van der Waals surface area contributed by atoms with E-state index >= 15 is 0 Å². The van der Waals surface area contributed by atoms with Gasteiger partial charge in [0.2, 0.25) is 0 Å². The van der Waals surface area contributed by atoms with Crippen molar-refractivity contribution < 1.29 is 24.2 Å². The molecule has 3 aliphatic rings. The van der Waals surface area contributed by atoms with Crippen LogP contribution in [0.3, 0.4) is 0 Å². The van der Waals surface area contributed by atoms with Crippen molar-refractivity contribution in [1.82, 2.24) is 0 Å². The largest absolute Gasteiger partial charge is 0.463 e. The number of fused-ring (bicyclic) bond motifs is 1. The average molecular weight is 364 g/mol. The fourth-order valence-corrected chi connectivity index (χ4v) is 6.08. The zero-order valence-electron chi connectivity index (χ0n) is 16.3. The van der Waals surface area contributed by atoms with E-state index in [0.717, 1.165) is 38.5 Å². The Labute approximate surface area is 155 Å². The van der Waals surface area contributed by atoms with Crippen LogP contribution in [0, 0.1) is 28.6 Å². The topological polar surface area (TPSA) is 80.7 Å². The van der Waals surface area contributed by atoms with Gasteiger partial charge in [0.05, 0.1) is 0 Å². The molecule has 3 rings (SSSR count). The summed E-state index contributed by atoms with van der Waals surface area (Å²) in [4.78, 5) is 37.3. The second kappa shape index (κ2) is 7.06. The van der Waals surface area contributed by atoms with Gasteiger partial charge in [0.25, 0.3) is 0 Å². The number of esters is 1. The molecule has 0 bridgehead atoms. The molecular formula is C21H32O5. The highest BCUT2D eigenvalue weighted by Crippen LogP contribution is 2.56. The third-order valence-electron chi connectivity index (χ3n) is 7.75. The van der Waals surface area contributed by atoms with Gasteiger partial charge in [-0.15, -0.1) is 0 Å². The van der Waals surface area contributed by atoms with Crippen LogP contribution in [-0.4, -0.2) is 35.4 Å². The molecule has 2 unspecified atom stereocenters. The maximum absolute atomic E-state index is 13.5. The highest BCUT2D eigenvalue weighted by atomic mass is 16.5. The van der Waals surface area contributed by atoms with E-state index in [-0.39, 0.29) is 47.6 Å². The third kappa shape index (κ3) is 3.12. The fourth-order valence-electron chi connectivity index (χ4n) is 6.08. The molecule has 0 radical (unpaired) electrons. The molecule has 0 aliphatic heterocycles. The van der Waals surface area contributed by atoms with Crippen molar-refractivity contribution in [1.29, 1.82) is 0 Å². The summed E-state index contributed by atoms with van der Waals surface area (Å²) in [7, 11) is 0. The number of ketones is 2. The van der Waals surface area contributed by atoms with Gasteiger partial charge in [-0.05, 0) is 56.8 Å². The lowest BCUT2D eigenvalue weighted by Crippen LogP contribution is -2.52. The van der Waals surface area contributed by atoms with Crippen LogP contribution in [0.1, 0.15) is 72.1 Å². The molecule has 0 aromatic carbocycles. The van der Waals surface area contributed by atoms with Crippen molar-refractivity contribution in [3.8, 4) is 0 Å². The molecular weight excluding hydrogens is 332 g/mol. The molecule has 0 aromatic rings. The van der Waals surface area contributed by atoms with Gasteiger partial charge in [-0.2, -0.15) is 0 Å². The van der Waals surface area contributed by atoms with Gasteiger partial charge in [0.15, 0.2) is 0 Å². The molecule has 0 saturated heterocycles. The highest BCUT2D eigenvalue weighted by molar-refractivity contribution is 5.92. The zero-order chi connectivity index (χ0) is 19.1. The summed E-state index contributed by atoms with van der Waals surface area (Å²) in [6.45, 7) is 5.46. The summed E-state index contributed by atoms with van der Waals surface area (Å²) in [6, 6.07) is 0. The predicted molar refractivity (Wildman–Crippen MR) is 96.3 cm³/mol. The van der Waals surface area contributed by atoms with Crippen LogP contribution >= 0.6 is 0 Å². The normalized spacial score (nSPS) is 43.2. The molecule has 0 amide bonds. The Morgan fingerprint density at radius 3 is 2.58 bits per heavy atom. The van der Waals surface area contributed by atoms with Crippen LogP contribution in [-0.2, 0) is 19.1 Å². The summed E-state index contributed by atoms with van der Waals surface area (Å²) in [5.41, 5.74) is -0.932. The van der Waals surface area contributed by atoms with Crippen LogP contribution < -0.4 is 0 Å². The molecule has 26 heavy (non-hydrogen) atoms. The second-order valence-electron chi connectivity index (χ2n) is 9.13. The van der Waals surface area contributed by atoms with Gasteiger partial charge in [0.1, 0.15) is 17.7 Å². The molecule has 3 saturated carbocycles. The molecule has 0 aromatic heterocycles. The number of hydrogen-bond acceptors (Lipinski definition) is 5. The summed E-state index contributed by atoms with van der Waals surface area (Å²) in [5.74, 6) is 0.491. The van der Waals surface area contributed by atoms with Crippen molar-refractivity contribution in [2.75, 3.05) is 6.61 Å². The SMILES string of the molecule is CC(=O)O[C@H]1CC[C@]2(C)C(=O)C(C3CCC(=O)[C@@]3(C)CCO)CC[C@H]2C1. The first-order chi connectivity index (χ1) is 12.2. The average Bonchev–Trinajstić information content (AvgIpc) is 2.85. The minimum atomic E-state index is -0.562. The van der Waals surface area contributed by atoms with E-state index in [0.29, 0.717) is 18.6 Å². The Kier molecular flexibility index (Phi) is 5.31. The molecule has 3 aliphatic carbocycles. The predicted octanol–water partition coefficient (Wildman–Crippen LogP) is 3.07. The first-order valence-corrected chi connectivity index (χ1v) is 10.1. The molecule has 0 heterocycles. The Balaban J connectivity index is 1.77. The van der Waals surface area contributed by atoms with Crippen molar-refractivity contribution in [3.05, 3.63) is 0 Å². The van der Waals surface area contributed by atoms with E-state index in [9.17, 15) is 19.5 Å². The lowest BCUT2D eigenvalue weighted by molar-refractivity contribution is -0.158. The zero-order valence-corrected chi connectivity index (χ0v) is 16.3. The Morgan fingerprint density at radius 2 is 1.92 bits per heavy atom. The molecule has 5 heteroatoms. The van der Waals surface area contributed by atoms with E-state index in [1.807, 2.05) is 6.92 Å². The van der Waals surface area contributed by atoms with Gasteiger partial charge in [-0.3, -0.25) is 14.4 Å². The van der Waals surface area contributed by atoms with Gasteiger partial charge < -0.3 is 9.84 Å². The lowest BCUT2D eigenvalue weighted by atomic mass is 9.53. The van der Waals surface area contributed by atoms with E-state index in [1.165, 1.54) is 6.92 Å². The number of aliphatic hydroxyl groups is 1. The van der Waals surface area contributed by atoms with Crippen LogP contribution in [0.2, 0.25) is 0 Å². The Morgan fingerprint density at radius 1 is 1.19 bits per heavy atom.